The van der Waals surface area contributed by atoms with Gasteiger partial charge in [0.05, 0.1) is 13.2 Å². The highest BCUT2D eigenvalue weighted by molar-refractivity contribution is 7.71. The molecule has 3 rings (SSSR count). The summed E-state index contributed by atoms with van der Waals surface area (Å²) in [6, 6.07) is 0. The Kier molecular flexibility index (Phi) is 2.14. The molecule has 1 N–H and O–H groups in total. The summed E-state index contributed by atoms with van der Waals surface area (Å²) in [5.74, 6) is 2.47. The maximum atomic E-state index is 5.39. The highest BCUT2D eigenvalue weighted by atomic mass is 32.1. The van der Waals surface area contributed by atoms with Crippen molar-refractivity contribution < 1.29 is 4.74 Å². The summed E-state index contributed by atoms with van der Waals surface area (Å²) in [6.45, 7) is 3.67. The molecule has 80 valence electrons. The zero-order valence-electron chi connectivity index (χ0n) is 8.75. The molecule has 15 heavy (non-hydrogen) atoms. The fourth-order valence-electron chi connectivity index (χ4n) is 2.15. The van der Waals surface area contributed by atoms with E-state index in [9.17, 15) is 0 Å². The van der Waals surface area contributed by atoms with Gasteiger partial charge in [-0.15, -0.1) is 0 Å². The first-order chi connectivity index (χ1) is 7.25. The van der Waals surface area contributed by atoms with Gasteiger partial charge in [0.15, 0.2) is 0 Å². The fourth-order valence-corrected chi connectivity index (χ4v) is 2.43. The Morgan fingerprint density at radius 2 is 2.33 bits per heavy atom. The van der Waals surface area contributed by atoms with Gasteiger partial charge in [-0.05, 0) is 12.3 Å². The van der Waals surface area contributed by atoms with Crippen molar-refractivity contribution in [3.8, 4) is 0 Å². The van der Waals surface area contributed by atoms with Crippen LogP contribution >= 0.6 is 12.2 Å². The lowest BCUT2D eigenvalue weighted by atomic mass is 10.1. The zero-order chi connectivity index (χ0) is 10.4. The van der Waals surface area contributed by atoms with Crippen LogP contribution in [0.1, 0.15) is 36.3 Å². The van der Waals surface area contributed by atoms with Crippen LogP contribution < -0.4 is 0 Å². The molecule has 1 fully saturated rings. The van der Waals surface area contributed by atoms with Gasteiger partial charge in [-0.2, -0.15) is 0 Å². The van der Waals surface area contributed by atoms with Crippen molar-refractivity contribution in [2.45, 2.75) is 32.3 Å². The Hall–Kier alpha value is -0.740. The molecule has 0 saturated heterocycles. The van der Waals surface area contributed by atoms with Gasteiger partial charge in [-0.1, -0.05) is 19.1 Å². The molecule has 1 aromatic rings. The monoisotopic (exact) mass is 222 g/mol. The maximum absolute atomic E-state index is 5.39. The molecule has 4 heteroatoms. The zero-order valence-corrected chi connectivity index (χ0v) is 9.56. The van der Waals surface area contributed by atoms with Crippen molar-refractivity contribution in [3.05, 3.63) is 21.7 Å². The van der Waals surface area contributed by atoms with Crippen molar-refractivity contribution in [2.24, 2.45) is 5.92 Å². The third kappa shape index (κ3) is 1.62. The average Bonchev–Trinajstić information content (AvgIpc) is 2.96. The lowest BCUT2D eigenvalue weighted by Crippen LogP contribution is -2.14. The van der Waals surface area contributed by atoms with E-state index in [-0.39, 0.29) is 0 Å². The Labute approximate surface area is 93.9 Å². The standard InChI is InChI=1S/C11H14N2OS/c1-6-4-7(6)10-12-9-2-3-14-5-8(9)11(15)13-10/h6-7H,2-5H2,1H3,(H,12,13,15). The number of aromatic nitrogens is 2. The first-order valence-corrected chi connectivity index (χ1v) is 5.86. The largest absolute Gasteiger partial charge is 0.376 e. The number of hydrogen-bond acceptors (Lipinski definition) is 3. The summed E-state index contributed by atoms with van der Waals surface area (Å²) >= 11 is 5.30. The average molecular weight is 222 g/mol. The molecule has 0 amide bonds. The molecule has 0 radical (unpaired) electrons. The minimum absolute atomic E-state index is 0.611. The van der Waals surface area contributed by atoms with Crippen LogP contribution in [0.15, 0.2) is 0 Å². The van der Waals surface area contributed by atoms with Gasteiger partial charge in [0, 0.05) is 23.6 Å². The quantitative estimate of drug-likeness (QED) is 0.741. The number of nitrogens with zero attached hydrogens (tertiary/aromatic N) is 1. The van der Waals surface area contributed by atoms with Crippen LogP contribution in [-0.2, 0) is 17.8 Å². The molecular formula is C11H14N2OS. The molecule has 1 aliphatic heterocycles. The molecule has 1 saturated carbocycles. The van der Waals surface area contributed by atoms with Crippen molar-refractivity contribution in [2.75, 3.05) is 6.61 Å². The molecular weight excluding hydrogens is 208 g/mol. The van der Waals surface area contributed by atoms with E-state index in [1.165, 1.54) is 12.1 Å². The summed E-state index contributed by atoms with van der Waals surface area (Å²) in [5.41, 5.74) is 2.34. The van der Waals surface area contributed by atoms with Crippen LogP contribution in [0.4, 0.5) is 0 Å². The van der Waals surface area contributed by atoms with Crippen molar-refractivity contribution in [1.29, 1.82) is 0 Å². The highest BCUT2D eigenvalue weighted by Crippen LogP contribution is 2.45. The summed E-state index contributed by atoms with van der Waals surface area (Å²) in [4.78, 5) is 7.92. The number of H-pyrrole nitrogens is 1. The number of nitrogens with one attached hydrogen (secondary N) is 1. The van der Waals surface area contributed by atoms with Gasteiger partial charge in [0.2, 0.25) is 0 Å². The lowest BCUT2D eigenvalue weighted by molar-refractivity contribution is 0.108. The molecule has 1 aliphatic carbocycles. The molecule has 2 unspecified atom stereocenters. The summed E-state index contributed by atoms with van der Waals surface area (Å²) in [5, 5.41) is 0. The normalized spacial score (nSPS) is 28.6. The Morgan fingerprint density at radius 3 is 3.07 bits per heavy atom. The van der Waals surface area contributed by atoms with Crippen molar-refractivity contribution >= 4 is 12.2 Å². The molecule has 2 heterocycles. The van der Waals surface area contributed by atoms with Crippen molar-refractivity contribution in [1.82, 2.24) is 9.97 Å². The second-order valence-corrected chi connectivity index (χ2v) is 4.89. The van der Waals surface area contributed by atoms with E-state index in [1.54, 1.807) is 0 Å². The predicted octanol–water partition coefficient (Wildman–Crippen LogP) is 2.34. The van der Waals surface area contributed by atoms with E-state index in [1.807, 2.05) is 0 Å². The number of fused-ring (bicyclic) bond motifs is 1. The maximum Gasteiger partial charge on any atom is 0.135 e. The number of ether oxygens (including phenoxy) is 1. The second-order valence-electron chi connectivity index (χ2n) is 4.51. The third-order valence-electron chi connectivity index (χ3n) is 3.33. The van der Waals surface area contributed by atoms with Crippen LogP contribution in [0.2, 0.25) is 0 Å². The third-order valence-corrected chi connectivity index (χ3v) is 3.66. The molecule has 2 aliphatic rings. The summed E-state index contributed by atoms with van der Waals surface area (Å²) in [6.07, 6.45) is 2.18. The minimum Gasteiger partial charge on any atom is -0.376 e. The predicted molar refractivity (Wildman–Crippen MR) is 59.3 cm³/mol. The van der Waals surface area contributed by atoms with Gasteiger partial charge >= 0.3 is 0 Å². The van der Waals surface area contributed by atoms with Gasteiger partial charge < -0.3 is 9.72 Å². The van der Waals surface area contributed by atoms with Gasteiger partial charge in [-0.3, -0.25) is 0 Å². The van der Waals surface area contributed by atoms with E-state index >= 15 is 0 Å². The molecule has 0 bridgehead atoms. The summed E-state index contributed by atoms with van der Waals surface area (Å²) < 4.78 is 6.12. The van der Waals surface area contributed by atoms with Crippen LogP contribution in [0.5, 0.6) is 0 Å². The van der Waals surface area contributed by atoms with Crippen LogP contribution in [0.3, 0.4) is 0 Å². The Morgan fingerprint density at radius 1 is 1.53 bits per heavy atom. The van der Waals surface area contributed by atoms with E-state index in [0.717, 1.165) is 35.0 Å². The number of hydrogen-bond donors (Lipinski definition) is 1. The molecule has 0 aromatic carbocycles. The number of aromatic amines is 1. The molecule has 2 atom stereocenters. The molecule has 0 spiro atoms. The first-order valence-electron chi connectivity index (χ1n) is 5.45. The highest BCUT2D eigenvalue weighted by Gasteiger charge is 2.36. The summed E-state index contributed by atoms with van der Waals surface area (Å²) in [7, 11) is 0. The van der Waals surface area contributed by atoms with Crippen LogP contribution in [0.25, 0.3) is 0 Å². The number of rotatable bonds is 1. The van der Waals surface area contributed by atoms with Crippen LogP contribution in [-0.4, -0.2) is 16.6 Å². The molecule has 3 nitrogen and oxygen atoms in total. The second kappa shape index (κ2) is 3.39. The Bertz CT molecular complexity index is 454. The van der Waals surface area contributed by atoms with E-state index in [0.29, 0.717) is 12.5 Å². The van der Waals surface area contributed by atoms with Gasteiger partial charge in [0.25, 0.3) is 0 Å². The smallest absolute Gasteiger partial charge is 0.135 e. The van der Waals surface area contributed by atoms with Crippen molar-refractivity contribution in [3.63, 3.8) is 0 Å². The SMILES string of the molecule is CC1CC1c1nc(=S)c2c([nH]1)CCOC2. The van der Waals surface area contributed by atoms with Crippen LogP contribution in [0, 0.1) is 10.6 Å². The fraction of sp³-hybridized carbons (Fsp3) is 0.636. The van der Waals surface area contributed by atoms with E-state index in [4.69, 9.17) is 17.0 Å². The van der Waals surface area contributed by atoms with E-state index < -0.39 is 0 Å². The Balaban J connectivity index is 2.05. The topological polar surface area (TPSA) is 37.9 Å². The minimum atomic E-state index is 0.611. The molecule has 1 aromatic heterocycles. The first kappa shape index (κ1) is 9.48. The van der Waals surface area contributed by atoms with E-state index in [2.05, 4.69) is 16.9 Å². The van der Waals surface area contributed by atoms with Gasteiger partial charge in [-0.25, -0.2) is 4.98 Å². The lowest BCUT2D eigenvalue weighted by Gasteiger charge is -2.17. The van der Waals surface area contributed by atoms with Gasteiger partial charge in [0.1, 0.15) is 10.5 Å².